The third kappa shape index (κ3) is 3.58. The Morgan fingerprint density at radius 2 is 2.15 bits per heavy atom. The summed E-state index contributed by atoms with van der Waals surface area (Å²) in [4.78, 5) is 14.2. The highest BCUT2D eigenvalue weighted by Crippen LogP contribution is 2.22. The second-order valence-corrected chi connectivity index (χ2v) is 5.67. The fourth-order valence-electron chi connectivity index (χ4n) is 2.67. The number of nitrogens with two attached hydrogens (primary N) is 1. The van der Waals surface area contributed by atoms with Crippen LogP contribution in [0.15, 0.2) is 30.3 Å². The summed E-state index contributed by atoms with van der Waals surface area (Å²) >= 11 is 0. The molecule has 1 aliphatic heterocycles. The van der Waals surface area contributed by atoms with E-state index in [0.717, 1.165) is 31.7 Å². The molecule has 4 heteroatoms. The minimum absolute atomic E-state index is 0.105. The Balaban J connectivity index is 1.93. The normalized spacial score (nSPS) is 21.4. The summed E-state index contributed by atoms with van der Waals surface area (Å²) in [6, 6.07) is 9.54. The molecule has 1 saturated heterocycles. The number of benzene rings is 1. The van der Waals surface area contributed by atoms with E-state index in [2.05, 4.69) is 0 Å². The second kappa shape index (κ2) is 6.86. The van der Waals surface area contributed by atoms with Crippen LogP contribution in [-0.2, 0) is 9.53 Å². The minimum Gasteiger partial charge on any atom is -0.381 e. The van der Waals surface area contributed by atoms with Gasteiger partial charge in [-0.15, -0.1) is 0 Å². The van der Waals surface area contributed by atoms with Crippen molar-refractivity contribution in [3.05, 3.63) is 35.9 Å². The number of amides is 1. The number of hydrogen-bond acceptors (Lipinski definition) is 3. The Morgan fingerprint density at radius 1 is 1.45 bits per heavy atom. The molecule has 2 N–H and O–H groups in total. The van der Waals surface area contributed by atoms with E-state index >= 15 is 0 Å². The van der Waals surface area contributed by atoms with Crippen LogP contribution in [0.1, 0.15) is 24.9 Å². The lowest BCUT2D eigenvalue weighted by molar-refractivity contribution is -0.134. The summed E-state index contributed by atoms with van der Waals surface area (Å²) in [6.45, 7) is 4.23. The van der Waals surface area contributed by atoms with Gasteiger partial charge in [0.1, 0.15) is 0 Å². The lowest BCUT2D eigenvalue weighted by Crippen LogP contribution is -2.39. The predicted octanol–water partition coefficient (Wildman–Crippen LogP) is 1.82. The van der Waals surface area contributed by atoms with Crippen molar-refractivity contribution in [3.63, 3.8) is 0 Å². The Hall–Kier alpha value is -1.39. The van der Waals surface area contributed by atoms with Gasteiger partial charge < -0.3 is 15.4 Å². The molecule has 3 atom stereocenters. The summed E-state index contributed by atoms with van der Waals surface area (Å²) in [6.07, 6.45) is 1.04. The molecule has 20 heavy (non-hydrogen) atoms. The van der Waals surface area contributed by atoms with Crippen molar-refractivity contribution in [2.75, 3.05) is 26.8 Å². The van der Waals surface area contributed by atoms with Crippen molar-refractivity contribution in [2.24, 2.45) is 17.6 Å². The van der Waals surface area contributed by atoms with Gasteiger partial charge in [0, 0.05) is 32.2 Å². The topological polar surface area (TPSA) is 55.6 Å². The third-order valence-corrected chi connectivity index (χ3v) is 4.04. The van der Waals surface area contributed by atoms with E-state index in [1.807, 2.05) is 44.3 Å². The number of ether oxygens (including phenoxy) is 1. The number of hydrogen-bond donors (Lipinski definition) is 1. The van der Waals surface area contributed by atoms with Crippen molar-refractivity contribution < 1.29 is 9.53 Å². The molecule has 0 saturated carbocycles. The highest BCUT2D eigenvalue weighted by Gasteiger charge is 2.27. The van der Waals surface area contributed by atoms with Gasteiger partial charge in [0.2, 0.25) is 5.91 Å². The monoisotopic (exact) mass is 276 g/mol. The quantitative estimate of drug-likeness (QED) is 0.892. The van der Waals surface area contributed by atoms with Crippen molar-refractivity contribution in [1.29, 1.82) is 0 Å². The molecule has 2 rings (SSSR count). The molecule has 1 fully saturated rings. The minimum atomic E-state index is -0.258. The summed E-state index contributed by atoms with van der Waals surface area (Å²) in [5.41, 5.74) is 7.22. The molecular weight excluding hydrogens is 252 g/mol. The van der Waals surface area contributed by atoms with Crippen LogP contribution in [0, 0.1) is 11.8 Å². The maximum atomic E-state index is 12.5. The maximum Gasteiger partial charge on any atom is 0.227 e. The standard InChI is InChI=1S/C16H24N2O2/c1-12(15(17)14-6-4-3-5-7-14)16(19)18(2)10-13-8-9-20-11-13/h3-7,12-13,15H,8-11,17H2,1-2H3. The highest BCUT2D eigenvalue weighted by molar-refractivity contribution is 5.79. The molecule has 110 valence electrons. The van der Waals surface area contributed by atoms with E-state index in [0.29, 0.717) is 5.92 Å². The van der Waals surface area contributed by atoms with Crippen molar-refractivity contribution in [3.8, 4) is 0 Å². The van der Waals surface area contributed by atoms with Crippen LogP contribution in [0.3, 0.4) is 0 Å². The molecule has 1 heterocycles. The Bertz CT molecular complexity index is 429. The maximum absolute atomic E-state index is 12.5. The smallest absolute Gasteiger partial charge is 0.227 e. The average Bonchev–Trinajstić information content (AvgIpc) is 2.98. The van der Waals surface area contributed by atoms with Crippen LogP contribution >= 0.6 is 0 Å². The number of nitrogens with zero attached hydrogens (tertiary/aromatic N) is 1. The first-order chi connectivity index (χ1) is 9.59. The number of rotatable bonds is 5. The molecular formula is C16H24N2O2. The van der Waals surface area contributed by atoms with Gasteiger partial charge in [-0.2, -0.15) is 0 Å². The Kier molecular flexibility index (Phi) is 5.15. The molecule has 0 bridgehead atoms. The molecule has 0 spiro atoms. The van der Waals surface area contributed by atoms with Gasteiger partial charge in [-0.1, -0.05) is 37.3 Å². The van der Waals surface area contributed by atoms with Gasteiger partial charge in [-0.05, 0) is 12.0 Å². The predicted molar refractivity (Wildman–Crippen MR) is 79.1 cm³/mol. The summed E-state index contributed by atoms with van der Waals surface area (Å²) < 4.78 is 5.35. The molecule has 1 aliphatic rings. The lowest BCUT2D eigenvalue weighted by atomic mass is 9.94. The van der Waals surface area contributed by atoms with Gasteiger partial charge in [-0.3, -0.25) is 4.79 Å². The average molecular weight is 276 g/mol. The van der Waals surface area contributed by atoms with Crippen LogP contribution in [-0.4, -0.2) is 37.6 Å². The van der Waals surface area contributed by atoms with Crippen LogP contribution < -0.4 is 5.73 Å². The fourth-order valence-corrected chi connectivity index (χ4v) is 2.67. The first kappa shape index (κ1) is 15.0. The lowest BCUT2D eigenvalue weighted by Gasteiger charge is -2.27. The van der Waals surface area contributed by atoms with Crippen molar-refractivity contribution in [2.45, 2.75) is 19.4 Å². The zero-order valence-electron chi connectivity index (χ0n) is 12.3. The molecule has 4 nitrogen and oxygen atoms in total. The van der Waals surface area contributed by atoms with E-state index < -0.39 is 0 Å². The molecule has 0 radical (unpaired) electrons. The van der Waals surface area contributed by atoms with E-state index in [1.54, 1.807) is 4.90 Å². The van der Waals surface area contributed by atoms with Gasteiger partial charge in [0.05, 0.1) is 12.5 Å². The SMILES string of the molecule is CC(C(=O)N(C)CC1CCOC1)C(N)c1ccccc1. The summed E-state index contributed by atoms with van der Waals surface area (Å²) in [7, 11) is 1.86. The zero-order chi connectivity index (χ0) is 14.5. The van der Waals surface area contributed by atoms with E-state index in [-0.39, 0.29) is 17.9 Å². The van der Waals surface area contributed by atoms with Crippen LogP contribution in [0.5, 0.6) is 0 Å². The Morgan fingerprint density at radius 3 is 2.75 bits per heavy atom. The summed E-state index contributed by atoms with van der Waals surface area (Å²) in [5.74, 6) is 0.349. The van der Waals surface area contributed by atoms with Crippen molar-refractivity contribution in [1.82, 2.24) is 4.90 Å². The van der Waals surface area contributed by atoms with E-state index in [9.17, 15) is 4.79 Å². The van der Waals surface area contributed by atoms with E-state index in [4.69, 9.17) is 10.5 Å². The molecule has 1 aromatic rings. The van der Waals surface area contributed by atoms with Gasteiger partial charge in [0.15, 0.2) is 0 Å². The van der Waals surface area contributed by atoms with Gasteiger partial charge in [-0.25, -0.2) is 0 Å². The molecule has 1 aromatic carbocycles. The first-order valence-electron chi connectivity index (χ1n) is 7.23. The van der Waals surface area contributed by atoms with Crippen LogP contribution in [0.25, 0.3) is 0 Å². The highest BCUT2D eigenvalue weighted by atomic mass is 16.5. The number of carbonyl (C=O) groups excluding carboxylic acids is 1. The van der Waals surface area contributed by atoms with E-state index in [1.165, 1.54) is 0 Å². The summed E-state index contributed by atoms with van der Waals surface area (Å²) in [5, 5.41) is 0. The van der Waals surface area contributed by atoms with Crippen molar-refractivity contribution >= 4 is 5.91 Å². The second-order valence-electron chi connectivity index (χ2n) is 5.67. The zero-order valence-corrected chi connectivity index (χ0v) is 12.3. The molecule has 1 amide bonds. The molecule has 3 unspecified atom stereocenters. The molecule has 0 aromatic heterocycles. The molecule has 0 aliphatic carbocycles. The number of carbonyl (C=O) groups is 1. The van der Waals surface area contributed by atoms with Crippen LogP contribution in [0.2, 0.25) is 0 Å². The first-order valence-corrected chi connectivity index (χ1v) is 7.23. The van der Waals surface area contributed by atoms with Gasteiger partial charge in [0.25, 0.3) is 0 Å². The third-order valence-electron chi connectivity index (χ3n) is 4.04. The Labute approximate surface area is 120 Å². The van der Waals surface area contributed by atoms with Gasteiger partial charge >= 0.3 is 0 Å². The fraction of sp³-hybridized carbons (Fsp3) is 0.562. The largest absolute Gasteiger partial charge is 0.381 e. The van der Waals surface area contributed by atoms with Crippen LogP contribution in [0.4, 0.5) is 0 Å².